The predicted octanol–water partition coefficient (Wildman–Crippen LogP) is 3.69. The standard InChI is InChI=1S/C18H18BrNO5/c1-3-24-16-9-12(10-21)8-13(19)18(16)25-11-17(22)20-14-6-4-5-7-15(14)23-2/h4-10H,3,11H2,1-2H3,(H,20,22). The van der Waals surface area contributed by atoms with Crippen molar-refractivity contribution in [1.29, 1.82) is 0 Å². The van der Waals surface area contributed by atoms with Gasteiger partial charge in [0.05, 0.1) is 23.9 Å². The van der Waals surface area contributed by atoms with Gasteiger partial charge < -0.3 is 19.5 Å². The van der Waals surface area contributed by atoms with Crippen LogP contribution >= 0.6 is 15.9 Å². The molecule has 7 heteroatoms. The number of hydrogen-bond donors (Lipinski definition) is 1. The minimum absolute atomic E-state index is 0.225. The molecule has 0 aromatic heterocycles. The molecular formula is C18H18BrNO5. The molecule has 0 bridgehead atoms. The highest BCUT2D eigenvalue weighted by Crippen LogP contribution is 2.36. The van der Waals surface area contributed by atoms with E-state index in [1.54, 1.807) is 30.3 Å². The number of amides is 1. The van der Waals surface area contributed by atoms with E-state index in [0.717, 1.165) is 0 Å². The Morgan fingerprint density at radius 3 is 2.64 bits per heavy atom. The molecule has 132 valence electrons. The number of nitrogens with one attached hydrogen (secondary N) is 1. The maximum absolute atomic E-state index is 12.2. The minimum Gasteiger partial charge on any atom is -0.495 e. The van der Waals surface area contributed by atoms with Crippen molar-refractivity contribution in [1.82, 2.24) is 0 Å². The first-order valence-corrected chi connectivity index (χ1v) is 8.35. The van der Waals surface area contributed by atoms with Gasteiger partial charge in [0.1, 0.15) is 12.0 Å². The van der Waals surface area contributed by atoms with E-state index in [9.17, 15) is 9.59 Å². The number of rotatable bonds is 8. The lowest BCUT2D eigenvalue weighted by molar-refractivity contribution is -0.118. The fourth-order valence-corrected chi connectivity index (χ4v) is 2.71. The zero-order valence-corrected chi connectivity index (χ0v) is 15.5. The van der Waals surface area contributed by atoms with E-state index in [-0.39, 0.29) is 12.5 Å². The zero-order chi connectivity index (χ0) is 18.2. The van der Waals surface area contributed by atoms with Gasteiger partial charge in [-0.1, -0.05) is 12.1 Å². The maximum Gasteiger partial charge on any atom is 0.262 e. The van der Waals surface area contributed by atoms with Crippen molar-refractivity contribution in [3.05, 3.63) is 46.4 Å². The Labute approximate surface area is 154 Å². The number of aldehydes is 1. The summed E-state index contributed by atoms with van der Waals surface area (Å²) in [6, 6.07) is 10.2. The van der Waals surface area contributed by atoms with Crippen molar-refractivity contribution in [2.24, 2.45) is 0 Å². The fraction of sp³-hybridized carbons (Fsp3) is 0.222. The summed E-state index contributed by atoms with van der Waals surface area (Å²) in [4.78, 5) is 23.1. The Hall–Kier alpha value is -2.54. The number of anilines is 1. The normalized spacial score (nSPS) is 10.0. The molecular weight excluding hydrogens is 390 g/mol. The van der Waals surface area contributed by atoms with Gasteiger partial charge in [-0.3, -0.25) is 9.59 Å². The molecule has 2 aromatic rings. The average Bonchev–Trinajstić information content (AvgIpc) is 2.61. The summed E-state index contributed by atoms with van der Waals surface area (Å²) in [6.07, 6.45) is 0.714. The van der Waals surface area contributed by atoms with Crippen molar-refractivity contribution in [2.45, 2.75) is 6.92 Å². The Morgan fingerprint density at radius 2 is 1.96 bits per heavy atom. The highest BCUT2D eigenvalue weighted by atomic mass is 79.9. The highest BCUT2D eigenvalue weighted by Gasteiger charge is 2.14. The van der Waals surface area contributed by atoms with Crippen LogP contribution in [-0.2, 0) is 4.79 Å². The lowest BCUT2D eigenvalue weighted by atomic mass is 10.2. The van der Waals surface area contributed by atoms with Gasteiger partial charge >= 0.3 is 0 Å². The van der Waals surface area contributed by atoms with Crippen LogP contribution < -0.4 is 19.5 Å². The van der Waals surface area contributed by atoms with Crippen LogP contribution in [0.2, 0.25) is 0 Å². The van der Waals surface area contributed by atoms with E-state index < -0.39 is 0 Å². The number of methoxy groups -OCH3 is 1. The van der Waals surface area contributed by atoms with Gasteiger partial charge in [-0.05, 0) is 47.1 Å². The van der Waals surface area contributed by atoms with Crippen molar-refractivity contribution in [3.8, 4) is 17.2 Å². The smallest absolute Gasteiger partial charge is 0.262 e. The second kappa shape index (κ2) is 9.08. The largest absolute Gasteiger partial charge is 0.495 e. The molecule has 0 fully saturated rings. The molecule has 0 atom stereocenters. The van der Waals surface area contributed by atoms with Gasteiger partial charge in [0.15, 0.2) is 18.1 Å². The van der Waals surface area contributed by atoms with Crippen LogP contribution in [0.5, 0.6) is 17.2 Å². The Balaban J connectivity index is 2.10. The monoisotopic (exact) mass is 407 g/mol. The summed E-state index contributed by atoms with van der Waals surface area (Å²) in [7, 11) is 1.53. The van der Waals surface area contributed by atoms with Gasteiger partial charge in [0.25, 0.3) is 5.91 Å². The van der Waals surface area contributed by atoms with Crippen LogP contribution in [0.25, 0.3) is 0 Å². The molecule has 0 saturated carbocycles. The summed E-state index contributed by atoms with van der Waals surface area (Å²) < 4.78 is 16.8. The summed E-state index contributed by atoms with van der Waals surface area (Å²) in [5.74, 6) is 0.965. The van der Waals surface area contributed by atoms with E-state index in [1.807, 2.05) is 13.0 Å². The van der Waals surface area contributed by atoms with Crippen LogP contribution in [0, 0.1) is 0 Å². The number of carbonyl (C=O) groups excluding carboxylic acids is 2. The van der Waals surface area contributed by atoms with E-state index >= 15 is 0 Å². The number of hydrogen-bond acceptors (Lipinski definition) is 5. The Morgan fingerprint density at radius 1 is 1.20 bits per heavy atom. The van der Waals surface area contributed by atoms with Crippen LogP contribution in [0.15, 0.2) is 40.9 Å². The second-order valence-corrected chi connectivity index (χ2v) is 5.77. The molecule has 0 aliphatic rings. The summed E-state index contributed by atoms with van der Waals surface area (Å²) in [6.45, 7) is 2.00. The molecule has 0 aliphatic heterocycles. The molecule has 0 spiro atoms. The maximum atomic E-state index is 12.2. The first kappa shape index (κ1) is 18.8. The Kier molecular flexibility index (Phi) is 6.82. The van der Waals surface area contributed by atoms with Gasteiger partial charge in [0.2, 0.25) is 0 Å². The lowest BCUT2D eigenvalue weighted by Gasteiger charge is -2.15. The molecule has 0 saturated heterocycles. The van der Waals surface area contributed by atoms with Crippen molar-refractivity contribution < 1.29 is 23.8 Å². The quantitative estimate of drug-likeness (QED) is 0.675. The summed E-state index contributed by atoms with van der Waals surface area (Å²) in [5, 5.41) is 2.72. The van der Waals surface area contributed by atoms with Crippen LogP contribution in [0.4, 0.5) is 5.69 Å². The minimum atomic E-state index is -0.349. The van der Waals surface area contributed by atoms with Crippen LogP contribution in [0.3, 0.4) is 0 Å². The lowest BCUT2D eigenvalue weighted by Crippen LogP contribution is -2.21. The van der Waals surface area contributed by atoms with E-state index in [1.165, 1.54) is 7.11 Å². The SMILES string of the molecule is CCOc1cc(C=O)cc(Br)c1OCC(=O)Nc1ccccc1OC. The number of carbonyl (C=O) groups is 2. The molecule has 2 rings (SSSR count). The summed E-state index contributed by atoms with van der Waals surface area (Å²) in [5.41, 5.74) is 1.00. The zero-order valence-electron chi connectivity index (χ0n) is 13.9. The van der Waals surface area contributed by atoms with Crippen molar-refractivity contribution >= 4 is 33.8 Å². The van der Waals surface area contributed by atoms with E-state index in [0.29, 0.717) is 45.9 Å². The van der Waals surface area contributed by atoms with E-state index in [4.69, 9.17) is 14.2 Å². The van der Waals surface area contributed by atoms with Gasteiger partial charge in [-0.2, -0.15) is 0 Å². The average molecular weight is 408 g/mol. The van der Waals surface area contributed by atoms with Gasteiger partial charge in [-0.25, -0.2) is 0 Å². The second-order valence-electron chi connectivity index (χ2n) is 4.92. The van der Waals surface area contributed by atoms with Crippen molar-refractivity contribution in [2.75, 3.05) is 25.6 Å². The molecule has 0 unspecified atom stereocenters. The third-order valence-electron chi connectivity index (χ3n) is 3.20. The van der Waals surface area contributed by atoms with Gasteiger partial charge in [0, 0.05) is 5.56 Å². The van der Waals surface area contributed by atoms with Crippen LogP contribution in [-0.4, -0.2) is 32.5 Å². The molecule has 0 radical (unpaired) electrons. The molecule has 0 aliphatic carbocycles. The topological polar surface area (TPSA) is 73.9 Å². The predicted molar refractivity (Wildman–Crippen MR) is 97.8 cm³/mol. The van der Waals surface area contributed by atoms with E-state index in [2.05, 4.69) is 21.2 Å². The third-order valence-corrected chi connectivity index (χ3v) is 3.79. The van der Waals surface area contributed by atoms with Gasteiger partial charge in [-0.15, -0.1) is 0 Å². The number of halogens is 1. The summed E-state index contributed by atoms with van der Waals surface area (Å²) >= 11 is 3.33. The first-order valence-electron chi connectivity index (χ1n) is 7.56. The number of benzene rings is 2. The Bertz CT molecular complexity index is 763. The molecule has 6 nitrogen and oxygen atoms in total. The number of ether oxygens (including phenoxy) is 3. The molecule has 25 heavy (non-hydrogen) atoms. The molecule has 1 N–H and O–H groups in total. The highest BCUT2D eigenvalue weighted by molar-refractivity contribution is 9.10. The molecule has 1 amide bonds. The fourth-order valence-electron chi connectivity index (χ4n) is 2.13. The molecule has 2 aromatic carbocycles. The first-order chi connectivity index (χ1) is 12.1. The third kappa shape index (κ3) is 4.96. The molecule has 0 heterocycles. The van der Waals surface area contributed by atoms with Crippen molar-refractivity contribution in [3.63, 3.8) is 0 Å². The number of para-hydroxylation sites is 2. The van der Waals surface area contributed by atoms with Crippen LogP contribution in [0.1, 0.15) is 17.3 Å².